The van der Waals surface area contributed by atoms with E-state index in [-0.39, 0.29) is 0 Å². The molecule has 2 aromatic carbocycles. The van der Waals surface area contributed by atoms with Gasteiger partial charge in [-0.2, -0.15) is 4.98 Å². The van der Waals surface area contributed by atoms with Gasteiger partial charge >= 0.3 is 0 Å². The van der Waals surface area contributed by atoms with E-state index in [0.29, 0.717) is 28.4 Å². The lowest BCUT2D eigenvalue weighted by atomic mass is 10.2. The van der Waals surface area contributed by atoms with E-state index in [1.165, 1.54) is 16.4 Å². The lowest BCUT2D eigenvalue weighted by Crippen LogP contribution is -2.11. The van der Waals surface area contributed by atoms with Crippen LogP contribution in [0.5, 0.6) is 5.75 Å². The first kappa shape index (κ1) is 17.1. The molecule has 9 heteroatoms. The van der Waals surface area contributed by atoms with E-state index in [1.54, 1.807) is 7.11 Å². The van der Waals surface area contributed by atoms with Crippen LogP contribution in [0.2, 0.25) is 0 Å². The number of methoxy groups -OCH3 is 1. The van der Waals surface area contributed by atoms with Gasteiger partial charge in [0.15, 0.2) is 5.82 Å². The molecule has 2 heterocycles. The van der Waals surface area contributed by atoms with Gasteiger partial charge in [-0.3, -0.25) is 0 Å². The maximum Gasteiger partial charge on any atom is 0.237 e. The molecule has 4 rings (SSSR count). The number of hydrogen-bond donors (Lipinski definition) is 1. The van der Waals surface area contributed by atoms with Crippen molar-refractivity contribution < 1.29 is 9.26 Å². The zero-order valence-corrected chi connectivity index (χ0v) is 15.3. The van der Waals surface area contributed by atoms with E-state index in [4.69, 9.17) is 15.1 Å². The van der Waals surface area contributed by atoms with E-state index >= 15 is 0 Å². The van der Waals surface area contributed by atoms with Crippen LogP contribution in [-0.2, 0) is 5.75 Å². The molecule has 0 bridgehead atoms. The first-order valence-electron chi connectivity index (χ1n) is 8.10. The van der Waals surface area contributed by atoms with Crippen LogP contribution in [-0.4, -0.2) is 32.1 Å². The van der Waals surface area contributed by atoms with Crippen LogP contribution in [0.3, 0.4) is 0 Å². The van der Waals surface area contributed by atoms with Gasteiger partial charge in [0, 0.05) is 11.1 Å². The van der Waals surface area contributed by atoms with Crippen molar-refractivity contribution in [3.05, 3.63) is 60.5 Å². The molecule has 0 unspecified atom stereocenters. The zero-order chi connectivity index (χ0) is 18.6. The number of nitrogens with zero attached hydrogens (tertiary/aromatic N) is 5. The molecule has 0 saturated carbocycles. The summed E-state index contributed by atoms with van der Waals surface area (Å²) in [5.41, 5.74) is 1.75. The molecule has 0 amide bonds. The number of benzene rings is 2. The second kappa shape index (κ2) is 7.50. The zero-order valence-electron chi connectivity index (χ0n) is 14.4. The van der Waals surface area contributed by atoms with Gasteiger partial charge in [0.05, 0.1) is 12.9 Å². The van der Waals surface area contributed by atoms with Gasteiger partial charge in [-0.05, 0) is 24.3 Å². The molecule has 8 nitrogen and oxygen atoms in total. The smallest absolute Gasteiger partial charge is 0.237 e. The van der Waals surface area contributed by atoms with E-state index in [9.17, 15) is 0 Å². The Labute approximate surface area is 159 Å². The molecular formula is C18H16N6O2S. The van der Waals surface area contributed by atoms with Crippen LogP contribution < -0.4 is 10.6 Å². The summed E-state index contributed by atoms with van der Waals surface area (Å²) in [6.45, 7) is 0. The summed E-state index contributed by atoms with van der Waals surface area (Å²) < 4.78 is 11.9. The fourth-order valence-corrected chi connectivity index (χ4v) is 3.15. The SMILES string of the molecule is COc1ccc(-c2nnc(SCc3nc(-c4ccccc4)no3)n2N)cc1. The average Bonchev–Trinajstić information content (AvgIpc) is 3.34. The predicted octanol–water partition coefficient (Wildman–Crippen LogP) is 3.01. The highest BCUT2D eigenvalue weighted by Crippen LogP contribution is 2.26. The Morgan fingerprint density at radius 3 is 2.56 bits per heavy atom. The van der Waals surface area contributed by atoms with E-state index in [1.807, 2.05) is 54.6 Å². The quantitative estimate of drug-likeness (QED) is 0.402. The van der Waals surface area contributed by atoms with Crippen LogP contribution >= 0.6 is 11.8 Å². The summed E-state index contributed by atoms with van der Waals surface area (Å²) in [5, 5.41) is 12.9. The number of hydrogen-bond acceptors (Lipinski definition) is 8. The molecule has 0 saturated heterocycles. The summed E-state index contributed by atoms with van der Waals surface area (Å²) in [7, 11) is 1.62. The maximum absolute atomic E-state index is 6.14. The summed E-state index contributed by atoms with van der Waals surface area (Å²) in [5.74, 6) is 8.96. The van der Waals surface area contributed by atoms with Gasteiger partial charge in [0.2, 0.25) is 16.9 Å². The van der Waals surface area contributed by atoms with Gasteiger partial charge in [-0.15, -0.1) is 10.2 Å². The fourth-order valence-electron chi connectivity index (χ4n) is 2.46. The van der Waals surface area contributed by atoms with Crippen molar-refractivity contribution in [2.45, 2.75) is 10.9 Å². The molecule has 0 fully saturated rings. The summed E-state index contributed by atoms with van der Waals surface area (Å²) in [4.78, 5) is 4.40. The average molecular weight is 380 g/mol. The molecule has 2 N–H and O–H groups in total. The molecule has 4 aromatic rings. The van der Waals surface area contributed by atoms with Gasteiger partial charge in [0.1, 0.15) is 5.75 Å². The summed E-state index contributed by atoms with van der Waals surface area (Å²) in [6, 6.07) is 17.1. The van der Waals surface area contributed by atoms with Crippen molar-refractivity contribution in [3.8, 4) is 28.5 Å². The summed E-state index contributed by atoms with van der Waals surface area (Å²) >= 11 is 1.38. The Morgan fingerprint density at radius 2 is 1.81 bits per heavy atom. The van der Waals surface area contributed by atoms with Gasteiger partial charge in [0.25, 0.3) is 0 Å². The minimum absolute atomic E-state index is 0.442. The highest BCUT2D eigenvalue weighted by molar-refractivity contribution is 7.98. The van der Waals surface area contributed by atoms with Crippen molar-refractivity contribution >= 4 is 11.8 Å². The molecule has 0 aliphatic carbocycles. The number of ether oxygens (including phenoxy) is 1. The van der Waals surface area contributed by atoms with Crippen LogP contribution in [0.15, 0.2) is 64.3 Å². The number of nitrogens with two attached hydrogens (primary N) is 1. The van der Waals surface area contributed by atoms with Crippen LogP contribution in [0.4, 0.5) is 0 Å². The molecule has 0 spiro atoms. The first-order chi connectivity index (χ1) is 13.2. The first-order valence-corrected chi connectivity index (χ1v) is 9.09. The standard InChI is InChI=1S/C18H16N6O2S/c1-25-14-9-7-13(8-10-14)17-21-22-18(24(17)19)27-11-15-20-16(23-26-15)12-5-3-2-4-6-12/h2-10H,11,19H2,1H3. The van der Waals surface area contributed by atoms with Crippen LogP contribution in [0.1, 0.15) is 5.89 Å². The van der Waals surface area contributed by atoms with Crippen LogP contribution in [0, 0.1) is 0 Å². The van der Waals surface area contributed by atoms with Gasteiger partial charge in [-0.1, -0.05) is 47.3 Å². The second-order valence-electron chi connectivity index (χ2n) is 5.57. The number of aromatic nitrogens is 5. The lowest BCUT2D eigenvalue weighted by Gasteiger charge is -2.04. The predicted molar refractivity (Wildman–Crippen MR) is 101 cm³/mol. The Balaban J connectivity index is 1.46. The third-order valence-corrected chi connectivity index (χ3v) is 4.77. The Bertz CT molecular complexity index is 1030. The Kier molecular flexibility index (Phi) is 4.75. The normalized spacial score (nSPS) is 10.9. The number of thioether (sulfide) groups is 1. The van der Waals surface area contributed by atoms with E-state index in [2.05, 4.69) is 20.3 Å². The second-order valence-corrected chi connectivity index (χ2v) is 6.51. The maximum atomic E-state index is 6.14. The fraction of sp³-hybridized carbons (Fsp3) is 0.111. The molecule has 27 heavy (non-hydrogen) atoms. The van der Waals surface area contributed by atoms with E-state index < -0.39 is 0 Å². The lowest BCUT2D eigenvalue weighted by molar-refractivity contribution is 0.391. The minimum atomic E-state index is 0.442. The highest BCUT2D eigenvalue weighted by atomic mass is 32.2. The molecule has 0 atom stereocenters. The van der Waals surface area contributed by atoms with Crippen molar-refractivity contribution in [3.63, 3.8) is 0 Å². The molecule has 0 aliphatic rings. The number of rotatable bonds is 6. The molecular weight excluding hydrogens is 364 g/mol. The molecule has 0 radical (unpaired) electrons. The Hall–Kier alpha value is -3.33. The van der Waals surface area contributed by atoms with Crippen molar-refractivity contribution in [1.29, 1.82) is 0 Å². The summed E-state index contributed by atoms with van der Waals surface area (Å²) in [6.07, 6.45) is 0. The van der Waals surface area contributed by atoms with Crippen LogP contribution in [0.25, 0.3) is 22.8 Å². The largest absolute Gasteiger partial charge is 0.497 e. The van der Waals surface area contributed by atoms with Crippen molar-refractivity contribution in [1.82, 2.24) is 25.0 Å². The molecule has 0 aliphatic heterocycles. The molecule has 2 aromatic heterocycles. The number of nitrogen functional groups attached to an aromatic ring is 1. The highest BCUT2D eigenvalue weighted by Gasteiger charge is 2.15. The van der Waals surface area contributed by atoms with Crippen molar-refractivity contribution in [2.75, 3.05) is 13.0 Å². The van der Waals surface area contributed by atoms with Gasteiger partial charge in [-0.25, -0.2) is 4.68 Å². The third kappa shape index (κ3) is 3.63. The molecule has 136 valence electrons. The Morgan fingerprint density at radius 1 is 1.04 bits per heavy atom. The minimum Gasteiger partial charge on any atom is -0.497 e. The van der Waals surface area contributed by atoms with E-state index in [0.717, 1.165) is 16.9 Å². The van der Waals surface area contributed by atoms with Gasteiger partial charge < -0.3 is 15.1 Å². The third-order valence-electron chi connectivity index (χ3n) is 3.84. The van der Waals surface area contributed by atoms with Crippen molar-refractivity contribution in [2.24, 2.45) is 0 Å². The topological polar surface area (TPSA) is 105 Å². The monoisotopic (exact) mass is 380 g/mol.